The van der Waals surface area contributed by atoms with Crippen LogP contribution in [-0.2, 0) is 14.9 Å². The molecule has 0 aromatic heterocycles. The zero-order valence-electron chi connectivity index (χ0n) is 30.0. The Morgan fingerprint density at radius 1 is 0.574 bits per heavy atom. The number of allylic oxidation sites excluding steroid dienone is 7. The highest BCUT2D eigenvalue weighted by Gasteiger charge is 2.27. The summed E-state index contributed by atoms with van der Waals surface area (Å²) in [6.45, 7) is 4.45. The quantitative estimate of drug-likeness (QED) is 0.0311. The van der Waals surface area contributed by atoms with Crippen molar-refractivity contribution in [2.75, 3.05) is 5.75 Å². The third-order valence-corrected chi connectivity index (χ3v) is 9.09. The fourth-order valence-electron chi connectivity index (χ4n) is 5.36. The molecule has 47 heavy (non-hydrogen) atoms. The van der Waals surface area contributed by atoms with Crippen LogP contribution in [0.25, 0.3) is 0 Å². The summed E-state index contributed by atoms with van der Waals surface area (Å²) in [5, 5.41) is 23.2. The van der Waals surface area contributed by atoms with Crippen LogP contribution >= 0.6 is 0 Å². The van der Waals surface area contributed by atoms with Gasteiger partial charge in [-0.05, 0) is 70.6 Å². The molecule has 3 atom stereocenters. The fourth-order valence-corrected chi connectivity index (χ4v) is 6.10. The summed E-state index contributed by atoms with van der Waals surface area (Å²) in [4.78, 5) is 12.5. The van der Waals surface area contributed by atoms with E-state index in [2.05, 4.69) is 55.6 Å². The number of hydrogen-bond acceptors (Lipinski definition) is 5. The number of carbonyl (C=O) groups excluding carboxylic acids is 1. The highest BCUT2D eigenvalue weighted by atomic mass is 32.2. The Bertz CT molecular complexity index is 943. The van der Waals surface area contributed by atoms with Crippen LogP contribution in [0.1, 0.15) is 168 Å². The SMILES string of the molecule is CCCCC/C=C\CCCCCCC(O)C(=O)NC(CS(=O)(=O)O)C(O)/C=C/CC/C=C/CC/C=C/CCCCCCCCCCC. The summed E-state index contributed by atoms with van der Waals surface area (Å²) in [7, 11) is -4.45. The molecule has 0 heterocycles. The molecule has 0 rings (SSSR count). The van der Waals surface area contributed by atoms with Gasteiger partial charge in [0.2, 0.25) is 5.91 Å². The Hall–Kier alpha value is -1.74. The molecule has 1 amide bonds. The lowest BCUT2D eigenvalue weighted by atomic mass is 10.1. The number of aliphatic hydroxyl groups excluding tert-OH is 2. The first kappa shape index (κ1) is 45.3. The second-order valence-electron chi connectivity index (χ2n) is 13.0. The van der Waals surface area contributed by atoms with E-state index in [0.717, 1.165) is 57.8 Å². The maximum atomic E-state index is 12.5. The number of nitrogens with one attached hydrogen (secondary N) is 1. The summed E-state index contributed by atoms with van der Waals surface area (Å²) in [5.74, 6) is -1.58. The molecule has 8 heteroatoms. The topological polar surface area (TPSA) is 124 Å². The van der Waals surface area contributed by atoms with E-state index in [9.17, 15) is 28.0 Å². The van der Waals surface area contributed by atoms with Gasteiger partial charge in [-0.15, -0.1) is 0 Å². The number of unbranched alkanes of at least 4 members (excludes halogenated alkanes) is 18. The Balaban J connectivity index is 4.19. The summed E-state index contributed by atoms with van der Waals surface area (Å²) in [6, 6.07) is -1.26. The van der Waals surface area contributed by atoms with Crippen molar-refractivity contribution in [1.82, 2.24) is 5.32 Å². The molecular weight excluding hydrogens is 610 g/mol. The minimum Gasteiger partial charge on any atom is -0.387 e. The third kappa shape index (κ3) is 32.6. The van der Waals surface area contributed by atoms with Crippen molar-refractivity contribution in [2.24, 2.45) is 0 Å². The maximum absolute atomic E-state index is 12.5. The van der Waals surface area contributed by atoms with E-state index in [1.54, 1.807) is 6.08 Å². The number of rotatable bonds is 33. The predicted molar refractivity (Wildman–Crippen MR) is 199 cm³/mol. The first-order valence-corrected chi connectivity index (χ1v) is 20.6. The molecule has 4 N–H and O–H groups in total. The monoisotopic (exact) mass is 682 g/mol. The Morgan fingerprint density at radius 3 is 1.45 bits per heavy atom. The van der Waals surface area contributed by atoms with E-state index in [1.807, 2.05) is 0 Å². The number of carbonyl (C=O) groups is 1. The van der Waals surface area contributed by atoms with E-state index >= 15 is 0 Å². The van der Waals surface area contributed by atoms with Crippen molar-refractivity contribution in [1.29, 1.82) is 0 Å². The van der Waals surface area contributed by atoms with Crippen LogP contribution in [-0.4, -0.2) is 53.1 Å². The number of aliphatic hydroxyl groups is 2. The predicted octanol–water partition coefficient (Wildman–Crippen LogP) is 9.71. The van der Waals surface area contributed by atoms with Crippen molar-refractivity contribution < 1.29 is 28.0 Å². The summed E-state index contributed by atoms with van der Waals surface area (Å²) in [5.41, 5.74) is 0. The molecule has 0 aliphatic carbocycles. The van der Waals surface area contributed by atoms with Crippen molar-refractivity contribution in [3.05, 3.63) is 48.6 Å². The average molecular weight is 682 g/mol. The molecule has 0 saturated carbocycles. The minimum absolute atomic E-state index is 0.255. The number of hydrogen-bond donors (Lipinski definition) is 4. The standard InChI is InChI=1S/C39H71NO6S/c1-3-5-7-9-11-13-15-16-17-18-19-20-21-22-24-25-27-29-31-33-37(41)36(35-47(44,45)46)40-39(43)38(42)34-32-30-28-26-23-14-12-10-8-6-4-2/h12,14,19-20,24-25,31,33,36-38,41-42H,3-11,13,15-18,21-23,26-30,32,34-35H2,1-2H3,(H,40,43)(H,44,45,46)/b14-12-,20-19+,25-24+,33-31+. The summed E-state index contributed by atoms with van der Waals surface area (Å²) < 4.78 is 32.4. The summed E-state index contributed by atoms with van der Waals surface area (Å²) in [6.07, 6.45) is 40.3. The minimum atomic E-state index is -4.45. The lowest BCUT2D eigenvalue weighted by Crippen LogP contribution is -2.50. The van der Waals surface area contributed by atoms with Gasteiger partial charge in [0.25, 0.3) is 10.1 Å². The molecule has 0 aliphatic heterocycles. The van der Waals surface area contributed by atoms with Crippen LogP contribution in [0.2, 0.25) is 0 Å². The average Bonchev–Trinajstić information content (AvgIpc) is 3.03. The largest absolute Gasteiger partial charge is 0.387 e. The summed E-state index contributed by atoms with van der Waals surface area (Å²) >= 11 is 0. The van der Waals surface area contributed by atoms with E-state index in [1.165, 1.54) is 83.1 Å². The smallest absolute Gasteiger partial charge is 0.267 e. The lowest BCUT2D eigenvalue weighted by molar-refractivity contribution is -0.130. The molecule has 0 aromatic carbocycles. The van der Waals surface area contributed by atoms with Gasteiger partial charge in [0.05, 0.1) is 17.9 Å². The van der Waals surface area contributed by atoms with E-state index in [4.69, 9.17) is 0 Å². The highest BCUT2D eigenvalue weighted by molar-refractivity contribution is 7.85. The van der Waals surface area contributed by atoms with Crippen LogP contribution in [0.5, 0.6) is 0 Å². The Morgan fingerprint density at radius 2 is 0.957 bits per heavy atom. The van der Waals surface area contributed by atoms with Crippen LogP contribution in [0, 0.1) is 0 Å². The van der Waals surface area contributed by atoms with Gasteiger partial charge in [0.15, 0.2) is 0 Å². The third-order valence-electron chi connectivity index (χ3n) is 8.31. The zero-order chi connectivity index (χ0) is 34.9. The molecule has 0 radical (unpaired) electrons. The second kappa shape index (κ2) is 32.8. The molecule has 0 bridgehead atoms. The first-order chi connectivity index (χ1) is 22.7. The van der Waals surface area contributed by atoms with Crippen molar-refractivity contribution in [3.63, 3.8) is 0 Å². The van der Waals surface area contributed by atoms with E-state index in [0.29, 0.717) is 12.8 Å². The first-order valence-electron chi connectivity index (χ1n) is 18.9. The molecule has 0 aliphatic rings. The van der Waals surface area contributed by atoms with Gasteiger partial charge >= 0.3 is 0 Å². The van der Waals surface area contributed by atoms with Gasteiger partial charge in [0.1, 0.15) is 6.10 Å². The van der Waals surface area contributed by atoms with Gasteiger partial charge in [-0.25, -0.2) is 0 Å². The lowest BCUT2D eigenvalue weighted by Gasteiger charge is -2.22. The molecule has 3 unspecified atom stereocenters. The molecule has 0 fully saturated rings. The molecular formula is C39H71NO6S. The van der Waals surface area contributed by atoms with Crippen LogP contribution < -0.4 is 5.32 Å². The molecule has 0 aromatic rings. The molecule has 7 nitrogen and oxygen atoms in total. The molecule has 274 valence electrons. The highest BCUT2D eigenvalue weighted by Crippen LogP contribution is 2.12. The van der Waals surface area contributed by atoms with Crippen LogP contribution in [0.4, 0.5) is 0 Å². The van der Waals surface area contributed by atoms with Gasteiger partial charge in [-0.1, -0.05) is 146 Å². The van der Waals surface area contributed by atoms with Gasteiger partial charge < -0.3 is 15.5 Å². The molecule has 0 saturated heterocycles. The Kier molecular flexibility index (Phi) is 31.6. The van der Waals surface area contributed by atoms with Crippen LogP contribution in [0.15, 0.2) is 48.6 Å². The zero-order valence-corrected chi connectivity index (χ0v) is 30.8. The van der Waals surface area contributed by atoms with Crippen molar-refractivity contribution in [2.45, 2.75) is 186 Å². The van der Waals surface area contributed by atoms with Gasteiger partial charge in [-0.3, -0.25) is 9.35 Å². The van der Waals surface area contributed by atoms with Gasteiger partial charge in [-0.2, -0.15) is 8.42 Å². The second-order valence-corrected chi connectivity index (χ2v) is 14.5. The van der Waals surface area contributed by atoms with E-state index in [-0.39, 0.29) is 6.42 Å². The van der Waals surface area contributed by atoms with Crippen molar-refractivity contribution >= 4 is 16.0 Å². The van der Waals surface area contributed by atoms with Gasteiger partial charge in [0, 0.05) is 0 Å². The van der Waals surface area contributed by atoms with E-state index < -0.39 is 40.0 Å². The number of amides is 1. The van der Waals surface area contributed by atoms with Crippen LogP contribution in [0.3, 0.4) is 0 Å². The Labute approximate surface area is 289 Å². The molecule has 0 spiro atoms. The normalized spacial score (nSPS) is 14.6. The maximum Gasteiger partial charge on any atom is 0.267 e. The fraction of sp³-hybridized carbons (Fsp3) is 0.769. The van der Waals surface area contributed by atoms with Crippen molar-refractivity contribution in [3.8, 4) is 0 Å².